The summed E-state index contributed by atoms with van der Waals surface area (Å²) >= 11 is 0. The molecule has 6 nitrogen and oxygen atoms in total. The van der Waals surface area contributed by atoms with Gasteiger partial charge in [-0.2, -0.15) is 0 Å². The summed E-state index contributed by atoms with van der Waals surface area (Å²) in [7, 11) is -3.35. The molecular formula is C9H19N3O3S. The Bertz CT molecular complexity index is 323. The monoisotopic (exact) mass is 249 g/mol. The summed E-state index contributed by atoms with van der Waals surface area (Å²) < 4.78 is 25.1. The molecule has 0 aromatic heterocycles. The van der Waals surface area contributed by atoms with Crippen LogP contribution < -0.4 is 15.8 Å². The van der Waals surface area contributed by atoms with Crippen LogP contribution in [0.5, 0.6) is 0 Å². The van der Waals surface area contributed by atoms with E-state index in [2.05, 4.69) is 10.0 Å². The third kappa shape index (κ3) is 5.43. The first-order valence-corrected chi connectivity index (χ1v) is 7.11. The second-order valence-corrected chi connectivity index (χ2v) is 6.01. The molecule has 1 fully saturated rings. The fourth-order valence-corrected chi connectivity index (χ4v) is 2.90. The van der Waals surface area contributed by atoms with Gasteiger partial charge in [-0.3, -0.25) is 4.79 Å². The van der Waals surface area contributed by atoms with Gasteiger partial charge in [-0.1, -0.05) is 0 Å². The zero-order chi connectivity index (χ0) is 12.0. The van der Waals surface area contributed by atoms with Crippen LogP contribution in [0.1, 0.15) is 19.3 Å². The normalized spacial score (nSPS) is 18.5. The van der Waals surface area contributed by atoms with Gasteiger partial charge in [0, 0.05) is 0 Å². The van der Waals surface area contributed by atoms with E-state index in [9.17, 15) is 13.2 Å². The number of amides is 1. The second kappa shape index (κ2) is 6.17. The molecule has 0 radical (unpaired) electrons. The van der Waals surface area contributed by atoms with Crippen LogP contribution in [0.25, 0.3) is 0 Å². The Balaban J connectivity index is 2.26. The van der Waals surface area contributed by atoms with Crippen molar-refractivity contribution in [3.8, 4) is 0 Å². The van der Waals surface area contributed by atoms with E-state index >= 15 is 0 Å². The second-order valence-electron chi connectivity index (χ2n) is 4.09. The molecule has 94 valence electrons. The molecule has 1 aliphatic rings. The molecule has 1 aliphatic heterocycles. The largest absolute Gasteiger partial charge is 0.369 e. The fraction of sp³-hybridized carbons (Fsp3) is 0.889. The van der Waals surface area contributed by atoms with Crippen LogP contribution in [0.15, 0.2) is 0 Å². The Labute approximate surface area is 96.0 Å². The molecule has 0 saturated carbocycles. The Morgan fingerprint density at radius 3 is 2.56 bits per heavy atom. The van der Waals surface area contributed by atoms with Gasteiger partial charge in [-0.25, -0.2) is 13.1 Å². The predicted molar refractivity (Wildman–Crippen MR) is 61.2 cm³/mol. The lowest BCUT2D eigenvalue weighted by molar-refractivity contribution is -0.116. The molecule has 0 bridgehead atoms. The molecular weight excluding hydrogens is 230 g/mol. The van der Waals surface area contributed by atoms with E-state index in [0.717, 1.165) is 25.9 Å². The number of primary amides is 1. The first-order valence-electron chi connectivity index (χ1n) is 5.46. The number of hydrogen-bond donors (Lipinski definition) is 3. The summed E-state index contributed by atoms with van der Waals surface area (Å²) in [4.78, 5) is 10.4. The van der Waals surface area contributed by atoms with E-state index < -0.39 is 15.9 Å². The number of rotatable bonds is 6. The molecule has 7 heteroatoms. The topological polar surface area (TPSA) is 101 Å². The average Bonchev–Trinajstić information content (AvgIpc) is 2.26. The molecule has 0 aromatic rings. The third-order valence-electron chi connectivity index (χ3n) is 2.72. The van der Waals surface area contributed by atoms with Gasteiger partial charge < -0.3 is 11.1 Å². The number of carbonyl (C=O) groups excluding carboxylic acids is 1. The molecule has 1 heterocycles. The number of carbonyl (C=O) groups is 1. The minimum absolute atomic E-state index is 0.0744. The van der Waals surface area contributed by atoms with Crippen LogP contribution in [0, 0.1) is 5.92 Å². The smallest absolute Gasteiger partial charge is 0.232 e. The number of hydrogen-bond acceptors (Lipinski definition) is 4. The Kier molecular flexibility index (Phi) is 5.17. The van der Waals surface area contributed by atoms with E-state index in [-0.39, 0.29) is 12.3 Å². The summed E-state index contributed by atoms with van der Waals surface area (Å²) in [6, 6.07) is 0. The first-order chi connectivity index (χ1) is 7.49. The molecule has 16 heavy (non-hydrogen) atoms. The van der Waals surface area contributed by atoms with Gasteiger partial charge in [-0.05, 0) is 38.3 Å². The number of nitrogens with one attached hydrogen (secondary N) is 2. The van der Waals surface area contributed by atoms with E-state index in [4.69, 9.17) is 5.73 Å². The number of sulfonamides is 1. The van der Waals surface area contributed by atoms with Gasteiger partial charge in [0.25, 0.3) is 0 Å². The van der Waals surface area contributed by atoms with Crippen LogP contribution in [0.3, 0.4) is 0 Å². The van der Waals surface area contributed by atoms with E-state index in [0.29, 0.717) is 12.3 Å². The van der Waals surface area contributed by atoms with Gasteiger partial charge in [0.2, 0.25) is 15.9 Å². The summed E-state index contributed by atoms with van der Waals surface area (Å²) in [5.41, 5.74) is 4.86. The highest BCUT2D eigenvalue weighted by atomic mass is 32.2. The van der Waals surface area contributed by atoms with Crippen LogP contribution in [-0.4, -0.2) is 39.7 Å². The molecule has 1 saturated heterocycles. The third-order valence-corrected chi connectivity index (χ3v) is 4.08. The number of piperidine rings is 1. The van der Waals surface area contributed by atoms with Crippen LogP contribution in [0.4, 0.5) is 0 Å². The molecule has 0 spiro atoms. The minimum atomic E-state index is -3.35. The molecule has 4 N–H and O–H groups in total. The molecule has 0 aliphatic carbocycles. The molecule has 0 atom stereocenters. The SMILES string of the molecule is NC(=O)CNS(=O)(=O)CCC1CCNCC1. The highest BCUT2D eigenvalue weighted by molar-refractivity contribution is 7.89. The van der Waals surface area contributed by atoms with E-state index in [1.54, 1.807) is 0 Å². The van der Waals surface area contributed by atoms with Gasteiger partial charge in [-0.15, -0.1) is 0 Å². The lowest BCUT2D eigenvalue weighted by Gasteiger charge is -2.22. The maximum Gasteiger partial charge on any atom is 0.232 e. The Hall–Kier alpha value is -0.660. The van der Waals surface area contributed by atoms with Crippen molar-refractivity contribution in [2.24, 2.45) is 11.7 Å². The van der Waals surface area contributed by atoms with Gasteiger partial charge in [0.15, 0.2) is 0 Å². The lowest BCUT2D eigenvalue weighted by atomic mass is 9.96. The highest BCUT2D eigenvalue weighted by Gasteiger charge is 2.17. The quantitative estimate of drug-likeness (QED) is 0.549. The van der Waals surface area contributed by atoms with Crippen molar-refractivity contribution >= 4 is 15.9 Å². The van der Waals surface area contributed by atoms with E-state index in [1.165, 1.54) is 0 Å². The summed E-state index contributed by atoms with van der Waals surface area (Å²) in [5.74, 6) is -0.123. The average molecular weight is 249 g/mol. The Morgan fingerprint density at radius 2 is 2.00 bits per heavy atom. The standard InChI is InChI=1S/C9H19N3O3S/c10-9(13)7-12-16(14,15)6-3-8-1-4-11-5-2-8/h8,11-12H,1-7H2,(H2,10,13). The van der Waals surface area contributed by atoms with Crippen LogP contribution in [-0.2, 0) is 14.8 Å². The van der Waals surface area contributed by atoms with Crippen molar-refractivity contribution < 1.29 is 13.2 Å². The zero-order valence-electron chi connectivity index (χ0n) is 9.24. The summed E-state index contributed by atoms with van der Waals surface area (Å²) in [6.07, 6.45) is 2.69. The van der Waals surface area contributed by atoms with E-state index in [1.807, 2.05) is 0 Å². The van der Waals surface area contributed by atoms with Crippen molar-refractivity contribution in [3.63, 3.8) is 0 Å². The van der Waals surface area contributed by atoms with Gasteiger partial charge in [0.05, 0.1) is 12.3 Å². The van der Waals surface area contributed by atoms with Crippen molar-refractivity contribution in [1.82, 2.24) is 10.0 Å². The predicted octanol–water partition coefficient (Wildman–Crippen LogP) is -1.22. The summed E-state index contributed by atoms with van der Waals surface area (Å²) in [5, 5.41) is 3.23. The molecule has 0 aromatic carbocycles. The van der Waals surface area contributed by atoms with Crippen molar-refractivity contribution in [2.75, 3.05) is 25.4 Å². The molecule has 0 unspecified atom stereocenters. The van der Waals surface area contributed by atoms with Crippen LogP contribution in [0.2, 0.25) is 0 Å². The first kappa shape index (κ1) is 13.4. The zero-order valence-corrected chi connectivity index (χ0v) is 10.1. The molecule has 1 rings (SSSR count). The minimum Gasteiger partial charge on any atom is -0.369 e. The van der Waals surface area contributed by atoms with Crippen LogP contribution >= 0.6 is 0 Å². The van der Waals surface area contributed by atoms with Crippen molar-refractivity contribution in [1.29, 1.82) is 0 Å². The maximum atomic E-state index is 11.4. The summed E-state index contributed by atoms with van der Waals surface area (Å²) in [6.45, 7) is 1.60. The van der Waals surface area contributed by atoms with Gasteiger partial charge in [0.1, 0.15) is 0 Å². The molecule has 1 amide bonds. The number of nitrogens with two attached hydrogens (primary N) is 1. The fourth-order valence-electron chi connectivity index (χ4n) is 1.75. The lowest BCUT2D eigenvalue weighted by Crippen LogP contribution is -2.36. The van der Waals surface area contributed by atoms with Gasteiger partial charge >= 0.3 is 0 Å². The maximum absolute atomic E-state index is 11.4. The van der Waals surface area contributed by atoms with Crippen molar-refractivity contribution in [3.05, 3.63) is 0 Å². The highest BCUT2D eigenvalue weighted by Crippen LogP contribution is 2.16. The Morgan fingerprint density at radius 1 is 1.38 bits per heavy atom. The van der Waals surface area contributed by atoms with Crippen molar-refractivity contribution in [2.45, 2.75) is 19.3 Å².